The molecule has 2 aromatic rings. The lowest BCUT2D eigenvalue weighted by atomic mass is 10.0. The fourth-order valence-electron chi connectivity index (χ4n) is 2.27. The van der Waals surface area contributed by atoms with E-state index in [1.807, 2.05) is 34.3 Å². The molecule has 0 radical (unpaired) electrons. The third-order valence-electron chi connectivity index (χ3n) is 3.52. The second-order valence-corrected chi connectivity index (χ2v) is 5.44. The summed E-state index contributed by atoms with van der Waals surface area (Å²) in [5.41, 5.74) is 5.35. The Morgan fingerprint density at radius 2 is 1.76 bits per heavy atom. The first kappa shape index (κ1) is 15.3. The summed E-state index contributed by atoms with van der Waals surface area (Å²) in [5, 5.41) is 1.15. The molecule has 3 rings (SSSR count). The molecule has 0 fully saturated rings. The van der Waals surface area contributed by atoms with Crippen LogP contribution in [-0.2, 0) is 0 Å². The third-order valence-corrected chi connectivity index (χ3v) is 3.52. The summed E-state index contributed by atoms with van der Waals surface area (Å²) in [7, 11) is 8.14. The molecule has 21 heavy (non-hydrogen) atoms. The van der Waals surface area contributed by atoms with Crippen molar-refractivity contribution in [3.05, 3.63) is 53.4 Å². The molecule has 1 heterocycles. The number of likely N-dealkylation sites (N-methyl/N-ethyl adjacent to an activating group) is 1. The summed E-state index contributed by atoms with van der Waals surface area (Å²) in [6.45, 7) is 0. The van der Waals surface area contributed by atoms with E-state index < -0.39 is 0 Å². The number of hydrogen-bond acceptors (Lipinski definition) is 3. The van der Waals surface area contributed by atoms with Gasteiger partial charge in [0.1, 0.15) is 5.70 Å². The van der Waals surface area contributed by atoms with Crippen LogP contribution in [0.1, 0.15) is 11.3 Å². The van der Waals surface area contributed by atoms with Crippen LogP contribution in [0.15, 0.2) is 36.0 Å². The maximum absolute atomic E-state index is 4.78. The predicted molar refractivity (Wildman–Crippen MR) is 84.6 cm³/mol. The van der Waals surface area contributed by atoms with E-state index in [0.717, 1.165) is 33.5 Å². The van der Waals surface area contributed by atoms with Gasteiger partial charge in [0.25, 0.3) is 0 Å². The summed E-state index contributed by atoms with van der Waals surface area (Å²) in [6.07, 6.45) is 7.42. The normalized spacial score (nSPS) is 12.1. The number of rotatable bonds is 2. The zero-order chi connectivity index (χ0) is 14.3. The van der Waals surface area contributed by atoms with Crippen LogP contribution < -0.4 is 17.3 Å². The molecule has 0 amide bonds. The molecule has 0 saturated heterocycles. The molecular formula is C17H18ClN3. The van der Waals surface area contributed by atoms with Gasteiger partial charge < -0.3 is 22.2 Å². The van der Waals surface area contributed by atoms with Crippen LogP contribution in [0.25, 0.3) is 17.0 Å². The van der Waals surface area contributed by atoms with Crippen molar-refractivity contribution in [2.45, 2.75) is 0 Å². The fraction of sp³-hybridized carbons (Fsp3) is 0.235. The Hall–Kier alpha value is -2.09. The van der Waals surface area contributed by atoms with Gasteiger partial charge in [0.15, 0.2) is 11.3 Å². The van der Waals surface area contributed by atoms with Gasteiger partial charge in [0, 0.05) is 51.4 Å². The second-order valence-electron chi connectivity index (χ2n) is 5.44. The van der Waals surface area contributed by atoms with Crippen LogP contribution in [0.4, 0.5) is 5.69 Å². The number of aromatic nitrogens is 1. The van der Waals surface area contributed by atoms with Gasteiger partial charge in [-0.1, -0.05) is 0 Å². The maximum atomic E-state index is 4.78. The van der Waals surface area contributed by atoms with Crippen molar-refractivity contribution >= 4 is 22.7 Å². The molecule has 0 bridgehead atoms. The van der Waals surface area contributed by atoms with Gasteiger partial charge in [-0.2, -0.15) is 4.98 Å². The van der Waals surface area contributed by atoms with Crippen LogP contribution in [0.2, 0.25) is 0 Å². The number of benzene rings is 1. The van der Waals surface area contributed by atoms with E-state index in [1.165, 1.54) is 0 Å². The molecule has 0 saturated carbocycles. The SMILES string of the molecule is CN(C)C1=Cc2nc3cc(N(C)C)ccc3cc2[C+]=C1.[Cl-]. The molecule has 0 spiro atoms. The van der Waals surface area contributed by atoms with E-state index in [4.69, 9.17) is 4.98 Å². The standard InChI is InChI=1S/C17H18N3.ClH/c1-19(2)14-7-5-12-9-13-6-8-15(20(3)4)11-17(13)18-16(12)10-14;/h5,7-11H,1-4H3;1H/q+1;/p-1. The molecule has 0 unspecified atom stereocenters. The summed E-state index contributed by atoms with van der Waals surface area (Å²) >= 11 is 0. The van der Waals surface area contributed by atoms with Gasteiger partial charge >= 0.3 is 0 Å². The van der Waals surface area contributed by atoms with Gasteiger partial charge in [-0.3, -0.25) is 0 Å². The highest BCUT2D eigenvalue weighted by atomic mass is 35.5. The molecule has 0 aliphatic heterocycles. The minimum atomic E-state index is 0. The van der Waals surface area contributed by atoms with Gasteiger partial charge in [-0.05, 0) is 18.2 Å². The molecule has 0 N–H and O–H groups in total. The topological polar surface area (TPSA) is 19.4 Å². The number of halogens is 1. The van der Waals surface area contributed by atoms with Crippen molar-refractivity contribution in [3.8, 4) is 0 Å². The van der Waals surface area contributed by atoms with Gasteiger partial charge in [-0.15, -0.1) is 0 Å². The highest BCUT2D eigenvalue weighted by Gasteiger charge is 2.18. The summed E-state index contributed by atoms with van der Waals surface area (Å²) in [5.74, 6) is 0. The van der Waals surface area contributed by atoms with Gasteiger partial charge in [0.2, 0.25) is 0 Å². The minimum absolute atomic E-state index is 0. The van der Waals surface area contributed by atoms with Crippen LogP contribution in [0.3, 0.4) is 0 Å². The van der Waals surface area contributed by atoms with Crippen LogP contribution in [0.5, 0.6) is 0 Å². The van der Waals surface area contributed by atoms with Crippen molar-refractivity contribution < 1.29 is 12.4 Å². The molecule has 1 aliphatic carbocycles. The molecule has 1 aromatic heterocycles. The first-order valence-corrected chi connectivity index (χ1v) is 6.65. The molecule has 1 aromatic carbocycles. The van der Waals surface area contributed by atoms with Gasteiger partial charge in [0.05, 0.1) is 17.7 Å². The van der Waals surface area contributed by atoms with E-state index in [-0.39, 0.29) is 12.4 Å². The van der Waals surface area contributed by atoms with Crippen molar-refractivity contribution in [1.82, 2.24) is 9.88 Å². The zero-order valence-corrected chi connectivity index (χ0v) is 13.4. The predicted octanol–water partition coefficient (Wildman–Crippen LogP) is -0.0716. The highest BCUT2D eigenvalue weighted by molar-refractivity contribution is 5.85. The average Bonchev–Trinajstić information content (AvgIpc) is 2.43. The van der Waals surface area contributed by atoms with Crippen LogP contribution >= 0.6 is 0 Å². The van der Waals surface area contributed by atoms with E-state index in [1.54, 1.807) is 0 Å². The molecule has 3 nitrogen and oxygen atoms in total. The van der Waals surface area contributed by atoms with Crippen molar-refractivity contribution in [1.29, 1.82) is 0 Å². The number of fused-ring (bicyclic) bond motifs is 2. The monoisotopic (exact) mass is 299 g/mol. The Labute approximate surface area is 132 Å². The molecular weight excluding hydrogens is 282 g/mol. The first-order chi connectivity index (χ1) is 9.54. The van der Waals surface area contributed by atoms with E-state index in [9.17, 15) is 0 Å². The third kappa shape index (κ3) is 2.85. The number of nitrogens with zero attached hydrogens (tertiary/aromatic N) is 3. The highest BCUT2D eigenvalue weighted by Crippen LogP contribution is 2.26. The average molecular weight is 300 g/mol. The molecule has 108 valence electrons. The van der Waals surface area contributed by atoms with Gasteiger partial charge in [-0.25, -0.2) is 0 Å². The Morgan fingerprint density at radius 3 is 2.43 bits per heavy atom. The number of hydrogen-bond donors (Lipinski definition) is 0. The van der Waals surface area contributed by atoms with E-state index in [2.05, 4.69) is 46.2 Å². The van der Waals surface area contributed by atoms with Crippen molar-refractivity contribution in [2.24, 2.45) is 0 Å². The Bertz CT molecular complexity index is 730. The maximum Gasteiger partial charge on any atom is 0.174 e. The van der Waals surface area contributed by atoms with E-state index >= 15 is 0 Å². The second kappa shape index (κ2) is 5.72. The molecule has 4 heteroatoms. The van der Waals surface area contributed by atoms with E-state index in [0.29, 0.717) is 0 Å². The largest absolute Gasteiger partial charge is 1.00 e. The van der Waals surface area contributed by atoms with Crippen LogP contribution in [-0.4, -0.2) is 38.1 Å². The number of pyridine rings is 1. The lowest BCUT2D eigenvalue weighted by Crippen LogP contribution is -3.00. The van der Waals surface area contributed by atoms with Crippen molar-refractivity contribution in [2.75, 3.05) is 33.1 Å². The zero-order valence-electron chi connectivity index (χ0n) is 12.7. The number of anilines is 1. The molecule has 1 aliphatic rings. The Balaban J connectivity index is 0.00000161. The fourth-order valence-corrected chi connectivity index (χ4v) is 2.27. The van der Waals surface area contributed by atoms with Crippen LogP contribution in [0, 0.1) is 6.08 Å². The summed E-state index contributed by atoms with van der Waals surface area (Å²) in [4.78, 5) is 8.94. The molecule has 0 atom stereocenters. The summed E-state index contributed by atoms with van der Waals surface area (Å²) < 4.78 is 0. The first-order valence-electron chi connectivity index (χ1n) is 6.65. The Kier molecular flexibility index (Phi) is 4.17. The minimum Gasteiger partial charge on any atom is -1.00 e. The van der Waals surface area contributed by atoms with Crippen molar-refractivity contribution in [3.63, 3.8) is 0 Å². The lowest BCUT2D eigenvalue weighted by Gasteiger charge is -2.13. The quantitative estimate of drug-likeness (QED) is 0.724. The lowest BCUT2D eigenvalue weighted by molar-refractivity contribution is -0.00000414. The smallest absolute Gasteiger partial charge is 0.174 e. The summed E-state index contributed by atoms with van der Waals surface area (Å²) in [6, 6.07) is 8.50. The Morgan fingerprint density at radius 1 is 1.00 bits per heavy atom. The number of allylic oxidation sites excluding steroid dienone is 1.